The van der Waals surface area contributed by atoms with Gasteiger partial charge in [0.1, 0.15) is 11.5 Å². The summed E-state index contributed by atoms with van der Waals surface area (Å²) in [6.07, 6.45) is 7.09. The number of piperidine rings is 1. The Morgan fingerprint density at radius 3 is 2.85 bits per heavy atom. The third-order valence-corrected chi connectivity index (χ3v) is 4.70. The molecule has 0 spiro atoms. The Bertz CT molecular complexity index is 923. The second-order valence-electron chi connectivity index (χ2n) is 6.55. The molecule has 0 N–H and O–H groups in total. The van der Waals surface area contributed by atoms with E-state index in [9.17, 15) is 9.18 Å². The molecule has 27 heavy (non-hydrogen) atoms. The maximum absolute atomic E-state index is 13.3. The van der Waals surface area contributed by atoms with Gasteiger partial charge in [0, 0.05) is 37.5 Å². The van der Waals surface area contributed by atoms with Gasteiger partial charge in [-0.2, -0.15) is 4.98 Å². The van der Waals surface area contributed by atoms with E-state index in [0.717, 1.165) is 12.8 Å². The van der Waals surface area contributed by atoms with Crippen molar-refractivity contribution < 1.29 is 13.7 Å². The van der Waals surface area contributed by atoms with Crippen LogP contribution in [0.15, 0.2) is 47.4 Å². The van der Waals surface area contributed by atoms with Crippen molar-refractivity contribution in [3.8, 4) is 11.5 Å². The molecule has 1 aromatic carbocycles. The van der Waals surface area contributed by atoms with Crippen LogP contribution in [-0.2, 0) is 6.42 Å². The smallest absolute Gasteiger partial charge is 0.253 e. The van der Waals surface area contributed by atoms with Crippen LogP contribution in [0.3, 0.4) is 0 Å². The molecule has 3 heterocycles. The predicted molar refractivity (Wildman–Crippen MR) is 94.1 cm³/mol. The molecule has 0 aliphatic carbocycles. The van der Waals surface area contributed by atoms with E-state index in [4.69, 9.17) is 4.52 Å². The number of halogens is 1. The van der Waals surface area contributed by atoms with Crippen LogP contribution in [0.5, 0.6) is 0 Å². The maximum Gasteiger partial charge on any atom is 0.253 e. The van der Waals surface area contributed by atoms with Gasteiger partial charge in [0.05, 0.1) is 6.20 Å². The molecule has 0 atom stereocenters. The topological polar surface area (TPSA) is 85.0 Å². The highest BCUT2D eigenvalue weighted by atomic mass is 19.1. The third kappa shape index (κ3) is 3.99. The van der Waals surface area contributed by atoms with Crippen molar-refractivity contribution in [2.75, 3.05) is 13.1 Å². The van der Waals surface area contributed by atoms with Crippen LogP contribution >= 0.6 is 0 Å². The Hall–Kier alpha value is -3.16. The number of hydrogen-bond acceptors (Lipinski definition) is 6. The molecule has 4 rings (SSSR count). The fraction of sp³-hybridized carbons (Fsp3) is 0.316. The Morgan fingerprint density at radius 2 is 2.11 bits per heavy atom. The average Bonchev–Trinajstić information content (AvgIpc) is 3.17. The van der Waals surface area contributed by atoms with E-state index in [1.165, 1.54) is 12.1 Å². The number of likely N-dealkylation sites (tertiary alicyclic amines) is 1. The van der Waals surface area contributed by atoms with Crippen molar-refractivity contribution in [3.63, 3.8) is 0 Å². The molecule has 0 unspecified atom stereocenters. The molecule has 3 aromatic rings. The van der Waals surface area contributed by atoms with Crippen LogP contribution in [0.1, 0.15) is 29.1 Å². The SMILES string of the molecule is O=C(c1cccc(F)c1)N1CCC(Cc2nc(-c3cnccn3)no2)CC1. The van der Waals surface area contributed by atoms with E-state index in [2.05, 4.69) is 20.1 Å². The molecular formula is C19H18FN5O2. The Labute approximate surface area is 155 Å². The van der Waals surface area contributed by atoms with E-state index in [0.29, 0.717) is 48.4 Å². The first-order valence-corrected chi connectivity index (χ1v) is 8.83. The Balaban J connectivity index is 1.33. The van der Waals surface area contributed by atoms with Crippen LogP contribution in [0.2, 0.25) is 0 Å². The summed E-state index contributed by atoms with van der Waals surface area (Å²) in [7, 11) is 0. The van der Waals surface area contributed by atoms with Crippen molar-refractivity contribution in [1.82, 2.24) is 25.0 Å². The number of hydrogen-bond donors (Lipinski definition) is 0. The summed E-state index contributed by atoms with van der Waals surface area (Å²) in [6.45, 7) is 1.26. The average molecular weight is 367 g/mol. The predicted octanol–water partition coefficient (Wildman–Crippen LogP) is 2.76. The molecule has 7 nitrogen and oxygen atoms in total. The van der Waals surface area contributed by atoms with Gasteiger partial charge in [-0.15, -0.1) is 0 Å². The zero-order valence-corrected chi connectivity index (χ0v) is 14.6. The second-order valence-corrected chi connectivity index (χ2v) is 6.55. The molecule has 1 amide bonds. The minimum Gasteiger partial charge on any atom is -0.339 e. The van der Waals surface area contributed by atoms with Gasteiger partial charge in [0.15, 0.2) is 0 Å². The molecule has 138 valence electrons. The molecule has 1 fully saturated rings. The molecule has 1 aliphatic heterocycles. The van der Waals surface area contributed by atoms with E-state index in [-0.39, 0.29) is 5.91 Å². The maximum atomic E-state index is 13.3. The second kappa shape index (κ2) is 7.61. The zero-order chi connectivity index (χ0) is 18.6. The van der Waals surface area contributed by atoms with Gasteiger partial charge in [0.2, 0.25) is 11.7 Å². The standard InChI is InChI=1S/C19H18FN5O2/c20-15-3-1-2-14(11-15)19(26)25-8-4-13(5-9-25)10-17-23-18(24-27-17)16-12-21-6-7-22-16/h1-3,6-7,11-13H,4-5,8-10H2. The number of rotatable bonds is 4. The summed E-state index contributed by atoms with van der Waals surface area (Å²) in [5.41, 5.74) is 0.960. The molecule has 0 radical (unpaired) electrons. The van der Waals surface area contributed by atoms with Crippen molar-refractivity contribution in [2.24, 2.45) is 5.92 Å². The number of aromatic nitrogens is 4. The number of amides is 1. The van der Waals surface area contributed by atoms with Crippen LogP contribution < -0.4 is 0 Å². The summed E-state index contributed by atoms with van der Waals surface area (Å²) in [4.78, 5) is 26.8. The van der Waals surface area contributed by atoms with Gasteiger partial charge in [-0.25, -0.2) is 9.37 Å². The first-order chi connectivity index (χ1) is 13.2. The summed E-state index contributed by atoms with van der Waals surface area (Å²) >= 11 is 0. The molecule has 0 bridgehead atoms. The van der Waals surface area contributed by atoms with E-state index in [1.54, 1.807) is 35.6 Å². The summed E-state index contributed by atoms with van der Waals surface area (Å²) in [5.74, 6) is 0.820. The normalized spacial score (nSPS) is 15.1. The zero-order valence-electron chi connectivity index (χ0n) is 14.6. The van der Waals surface area contributed by atoms with Gasteiger partial charge < -0.3 is 9.42 Å². The van der Waals surface area contributed by atoms with Crippen molar-refractivity contribution in [2.45, 2.75) is 19.3 Å². The van der Waals surface area contributed by atoms with Crippen LogP contribution in [-0.4, -0.2) is 44.0 Å². The molecule has 0 saturated carbocycles. The number of carbonyl (C=O) groups is 1. The Kier molecular flexibility index (Phi) is 4.86. The van der Waals surface area contributed by atoms with Gasteiger partial charge >= 0.3 is 0 Å². The summed E-state index contributed by atoms with van der Waals surface area (Å²) in [6, 6.07) is 5.81. The number of nitrogens with zero attached hydrogens (tertiary/aromatic N) is 5. The quantitative estimate of drug-likeness (QED) is 0.705. The first kappa shape index (κ1) is 17.3. The summed E-state index contributed by atoms with van der Waals surface area (Å²) in [5, 5.41) is 3.95. The van der Waals surface area contributed by atoms with Gasteiger partial charge in [-0.3, -0.25) is 9.78 Å². The molecule has 8 heteroatoms. The molecule has 2 aromatic heterocycles. The molecule has 1 aliphatic rings. The van der Waals surface area contributed by atoms with Gasteiger partial charge in [-0.1, -0.05) is 11.2 Å². The highest BCUT2D eigenvalue weighted by Crippen LogP contribution is 2.23. The van der Waals surface area contributed by atoms with Crippen LogP contribution in [0.4, 0.5) is 4.39 Å². The fourth-order valence-corrected chi connectivity index (χ4v) is 3.25. The fourth-order valence-electron chi connectivity index (χ4n) is 3.25. The lowest BCUT2D eigenvalue weighted by molar-refractivity contribution is 0.0687. The first-order valence-electron chi connectivity index (χ1n) is 8.83. The molecule has 1 saturated heterocycles. The lowest BCUT2D eigenvalue weighted by Gasteiger charge is -2.31. The minimum absolute atomic E-state index is 0.129. The Morgan fingerprint density at radius 1 is 1.26 bits per heavy atom. The third-order valence-electron chi connectivity index (χ3n) is 4.70. The van der Waals surface area contributed by atoms with E-state index >= 15 is 0 Å². The number of carbonyl (C=O) groups excluding carboxylic acids is 1. The summed E-state index contributed by atoms with van der Waals surface area (Å²) < 4.78 is 18.6. The van der Waals surface area contributed by atoms with Crippen molar-refractivity contribution in [1.29, 1.82) is 0 Å². The minimum atomic E-state index is -0.397. The van der Waals surface area contributed by atoms with Gasteiger partial charge in [0.25, 0.3) is 5.91 Å². The lowest BCUT2D eigenvalue weighted by atomic mass is 9.93. The highest BCUT2D eigenvalue weighted by molar-refractivity contribution is 5.94. The van der Waals surface area contributed by atoms with E-state index < -0.39 is 5.82 Å². The highest BCUT2D eigenvalue weighted by Gasteiger charge is 2.25. The lowest BCUT2D eigenvalue weighted by Crippen LogP contribution is -2.39. The van der Waals surface area contributed by atoms with Crippen LogP contribution in [0.25, 0.3) is 11.5 Å². The van der Waals surface area contributed by atoms with E-state index in [1.807, 2.05) is 0 Å². The van der Waals surface area contributed by atoms with Crippen LogP contribution in [0, 0.1) is 11.7 Å². The molecular weight excluding hydrogens is 349 g/mol. The largest absolute Gasteiger partial charge is 0.339 e. The van der Waals surface area contributed by atoms with Crippen molar-refractivity contribution >= 4 is 5.91 Å². The van der Waals surface area contributed by atoms with Crippen molar-refractivity contribution in [3.05, 3.63) is 60.1 Å². The number of benzene rings is 1. The monoisotopic (exact) mass is 367 g/mol. The van der Waals surface area contributed by atoms with Gasteiger partial charge in [-0.05, 0) is 37.0 Å².